The molecule has 0 spiro atoms. The molecule has 1 rings (SSSR count). The lowest BCUT2D eigenvalue weighted by Gasteiger charge is -2.34. The molecule has 1 atom stereocenters. The average molecular weight is 196 g/mol. The molecule has 1 unspecified atom stereocenters. The Morgan fingerprint density at radius 3 is 2.57 bits per heavy atom. The van der Waals surface area contributed by atoms with Crippen molar-refractivity contribution in [3.05, 3.63) is 0 Å². The first-order chi connectivity index (χ1) is 6.41. The molecule has 0 aliphatic heterocycles. The van der Waals surface area contributed by atoms with Crippen LogP contribution < -0.4 is 11.5 Å². The summed E-state index contributed by atoms with van der Waals surface area (Å²) < 4.78 is 0. The van der Waals surface area contributed by atoms with E-state index in [1.54, 1.807) is 0 Å². The van der Waals surface area contributed by atoms with Crippen LogP contribution in [0.15, 0.2) is 10.2 Å². The molecule has 14 heavy (non-hydrogen) atoms. The van der Waals surface area contributed by atoms with Crippen molar-refractivity contribution in [1.29, 1.82) is 0 Å². The third kappa shape index (κ3) is 3.01. The number of guanidine groups is 1. The minimum atomic E-state index is 0.0366. The topological polar surface area (TPSA) is 76.8 Å². The van der Waals surface area contributed by atoms with Gasteiger partial charge in [0.1, 0.15) is 0 Å². The van der Waals surface area contributed by atoms with Crippen molar-refractivity contribution in [2.24, 2.45) is 33.0 Å². The van der Waals surface area contributed by atoms with Gasteiger partial charge in [0.25, 0.3) is 0 Å². The Morgan fingerprint density at radius 1 is 1.43 bits per heavy atom. The third-order valence-electron chi connectivity index (χ3n) is 2.78. The number of hydrogen-bond acceptors (Lipinski definition) is 2. The van der Waals surface area contributed by atoms with Crippen LogP contribution in [0, 0.1) is 11.3 Å². The van der Waals surface area contributed by atoms with E-state index >= 15 is 0 Å². The van der Waals surface area contributed by atoms with Crippen molar-refractivity contribution in [1.82, 2.24) is 0 Å². The molecule has 1 saturated carbocycles. The van der Waals surface area contributed by atoms with Crippen molar-refractivity contribution in [2.45, 2.75) is 40.0 Å². The molecule has 4 N–H and O–H groups in total. The van der Waals surface area contributed by atoms with Crippen LogP contribution in [0.1, 0.15) is 40.0 Å². The molecular formula is C10H20N4. The first kappa shape index (κ1) is 11.0. The van der Waals surface area contributed by atoms with Crippen LogP contribution in [0.25, 0.3) is 0 Å². The van der Waals surface area contributed by atoms with Gasteiger partial charge in [-0.2, -0.15) is 5.10 Å². The molecule has 0 bridgehead atoms. The Morgan fingerprint density at radius 2 is 2.07 bits per heavy atom. The lowest BCUT2D eigenvalue weighted by atomic mass is 9.72. The molecule has 80 valence electrons. The predicted octanol–water partition coefficient (Wildman–Crippen LogP) is 1.46. The summed E-state index contributed by atoms with van der Waals surface area (Å²) in [6.45, 7) is 6.77. The van der Waals surface area contributed by atoms with Gasteiger partial charge >= 0.3 is 0 Å². The fraction of sp³-hybridized carbons (Fsp3) is 0.800. The van der Waals surface area contributed by atoms with Gasteiger partial charge in [-0.25, -0.2) is 0 Å². The summed E-state index contributed by atoms with van der Waals surface area (Å²) in [6, 6.07) is 0. The van der Waals surface area contributed by atoms with Crippen molar-refractivity contribution in [2.75, 3.05) is 0 Å². The second-order valence-corrected chi connectivity index (χ2v) is 4.89. The van der Waals surface area contributed by atoms with E-state index in [0.717, 1.165) is 25.0 Å². The molecule has 0 aromatic carbocycles. The second-order valence-electron chi connectivity index (χ2n) is 4.89. The largest absolute Gasteiger partial charge is 0.369 e. The molecule has 1 fully saturated rings. The SMILES string of the molecule is CC1CC(C)(C)CCC1=NN=C(N)N. The Kier molecular flexibility index (Phi) is 3.13. The van der Waals surface area contributed by atoms with Crippen molar-refractivity contribution >= 4 is 11.7 Å². The lowest BCUT2D eigenvalue weighted by molar-refractivity contribution is 0.265. The summed E-state index contributed by atoms with van der Waals surface area (Å²) in [6.07, 6.45) is 3.33. The van der Waals surface area contributed by atoms with E-state index in [4.69, 9.17) is 11.5 Å². The summed E-state index contributed by atoms with van der Waals surface area (Å²) in [4.78, 5) is 0. The molecule has 0 saturated heterocycles. The molecule has 0 amide bonds. The normalized spacial score (nSPS) is 28.8. The van der Waals surface area contributed by atoms with Gasteiger partial charge in [-0.15, -0.1) is 5.10 Å². The van der Waals surface area contributed by atoms with Crippen LogP contribution in [0.5, 0.6) is 0 Å². The van der Waals surface area contributed by atoms with Crippen molar-refractivity contribution in [3.63, 3.8) is 0 Å². The zero-order chi connectivity index (χ0) is 10.8. The first-order valence-corrected chi connectivity index (χ1v) is 5.06. The summed E-state index contributed by atoms with van der Waals surface area (Å²) >= 11 is 0. The fourth-order valence-corrected chi connectivity index (χ4v) is 2.03. The van der Waals surface area contributed by atoms with Crippen molar-refractivity contribution < 1.29 is 0 Å². The van der Waals surface area contributed by atoms with Gasteiger partial charge in [0.05, 0.1) is 0 Å². The van der Waals surface area contributed by atoms with E-state index < -0.39 is 0 Å². The molecule has 4 heteroatoms. The van der Waals surface area contributed by atoms with Gasteiger partial charge in [0, 0.05) is 5.71 Å². The van der Waals surface area contributed by atoms with Gasteiger partial charge in [-0.1, -0.05) is 20.8 Å². The van der Waals surface area contributed by atoms with Crippen LogP contribution in [0.3, 0.4) is 0 Å². The zero-order valence-corrected chi connectivity index (χ0v) is 9.25. The first-order valence-electron chi connectivity index (χ1n) is 5.06. The van der Waals surface area contributed by atoms with Gasteiger partial charge in [-0.3, -0.25) is 0 Å². The van der Waals surface area contributed by atoms with Gasteiger partial charge in [0.15, 0.2) is 0 Å². The Balaban J connectivity index is 2.67. The number of rotatable bonds is 1. The van der Waals surface area contributed by atoms with E-state index in [2.05, 4.69) is 31.0 Å². The number of nitrogens with zero attached hydrogens (tertiary/aromatic N) is 2. The maximum Gasteiger partial charge on any atom is 0.211 e. The summed E-state index contributed by atoms with van der Waals surface area (Å²) in [5.41, 5.74) is 12.0. The smallest absolute Gasteiger partial charge is 0.211 e. The maximum atomic E-state index is 5.23. The Labute approximate surface area is 85.5 Å². The fourth-order valence-electron chi connectivity index (χ4n) is 2.03. The highest BCUT2D eigenvalue weighted by Gasteiger charge is 2.29. The van der Waals surface area contributed by atoms with Crippen molar-refractivity contribution in [3.8, 4) is 0 Å². The maximum absolute atomic E-state index is 5.23. The highest BCUT2D eigenvalue weighted by Crippen LogP contribution is 2.36. The summed E-state index contributed by atoms with van der Waals surface area (Å²) in [5.74, 6) is 0.524. The van der Waals surface area contributed by atoms with Crippen LogP contribution in [0.4, 0.5) is 0 Å². The van der Waals surface area contributed by atoms with E-state index in [1.165, 1.54) is 0 Å². The van der Waals surface area contributed by atoms with Gasteiger partial charge < -0.3 is 11.5 Å². The zero-order valence-electron chi connectivity index (χ0n) is 9.25. The van der Waals surface area contributed by atoms with E-state index in [9.17, 15) is 0 Å². The minimum Gasteiger partial charge on any atom is -0.369 e. The summed E-state index contributed by atoms with van der Waals surface area (Å²) in [5, 5.41) is 7.79. The average Bonchev–Trinajstić information content (AvgIpc) is 2.00. The van der Waals surface area contributed by atoms with E-state index in [-0.39, 0.29) is 5.96 Å². The molecule has 0 heterocycles. The van der Waals surface area contributed by atoms with Gasteiger partial charge in [0.2, 0.25) is 5.96 Å². The molecule has 4 nitrogen and oxygen atoms in total. The molecule has 0 aromatic rings. The van der Waals surface area contributed by atoms with Crippen LogP contribution in [-0.4, -0.2) is 11.7 Å². The second kappa shape index (κ2) is 3.98. The highest BCUT2D eigenvalue weighted by molar-refractivity contribution is 5.88. The number of nitrogens with two attached hydrogens (primary N) is 2. The monoisotopic (exact) mass is 196 g/mol. The number of hydrogen-bond donors (Lipinski definition) is 2. The highest BCUT2D eigenvalue weighted by atomic mass is 15.3. The van der Waals surface area contributed by atoms with Crippen LogP contribution in [-0.2, 0) is 0 Å². The van der Waals surface area contributed by atoms with Crippen LogP contribution in [0.2, 0.25) is 0 Å². The third-order valence-corrected chi connectivity index (χ3v) is 2.78. The van der Waals surface area contributed by atoms with Crippen LogP contribution >= 0.6 is 0 Å². The Hall–Kier alpha value is -1.06. The summed E-state index contributed by atoms with van der Waals surface area (Å²) in [7, 11) is 0. The standard InChI is InChI=1S/C10H20N4/c1-7-6-10(2,3)5-4-8(7)13-14-9(11)12/h7H,4-6H2,1-3H3,(H4,11,12,14). The Bertz CT molecular complexity index is 261. The molecule has 1 aliphatic carbocycles. The van der Waals surface area contributed by atoms with Gasteiger partial charge in [-0.05, 0) is 30.6 Å². The predicted molar refractivity (Wildman–Crippen MR) is 60.0 cm³/mol. The molecular weight excluding hydrogens is 176 g/mol. The lowest BCUT2D eigenvalue weighted by Crippen LogP contribution is -2.28. The minimum absolute atomic E-state index is 0.0366. The molecule has 1 aliphatic rings. The molecule has 0 radical (unpaired) electrons. The molecule has 0 aromatic heterocycles. The quantitative estimate of drug-likeness (QED) is 0.378. The van der Waals surface area contributed by atoms with E-state index in [1.807, 2.05) is 0 Å². The van der Waals surface area contributed by atoms with E-state index in [0.29, 0.717) is 11.3 Å².